The van der Waals surface area contributed by atoms with Crippen molar-refractivity contribution in [3.8, 4) is 5.75 Å². The Morgan fingerprint density at radius 2 is 1.92 bits per heavy atom. The molecule has 2 rings (SSSR count). The summed E-state index contributed by atoms with van der Waals surface area (Å²) < 4.78 is 5.18. The number of fused-ring (bicyclic) bond motifs is 1. The molecule has 0 fully saturated rings. The van der Waals surface area contributed by atoms with Crippen LogP contribution in [0, 0.1) is 6.92 Å². The molecule has 0 atom stereocenters. The van der Waals surface area contributed by atoms with Gasteiger partial charge >= 0.3 is 0 Å². The Morgan fingerprint density at radius 3 is 2.69 bits per heavy atom. The first kappa shape index (κ1) is 8.11. The van der Waals surface area contributed by atoms with Gasteiger partial charge in [-0.15, -0.1) is 0 Å². The standard InChI is InChI=1S/C12H12O/c1-9-4-3-5-10-6-7-11(13-2)8-12(9)10/h3-8H,1-2H3. The van der Waals surface area contributed by atoms with Crippen molar-refractivity contribution in [3.05, 3.63) is 42.0 Å². The maximum Gasteiger partial charge on any atom is 0.119 e. The second-order valence-electron chi connectivity index (χ2n) is 3.16. The summed E-state index contributed by atoms with van der Waals surface area (Å²) in [6.07, 6.45) is 0. The molecule has 0 unspecified atom stereocenters. The van der Waals surface area contributed by atoms with E-state index in [4.69, 9.17) is 4.74 Å². The first-order chi connectivity index (χ1) is 6.31. The molecule has 1 nitrogen and oxygen atoms in total. The van der Waals surface area contributed by atoms with Crippen LogP contribution < -0.4 is 4.74 Å². The molecule has 0 amide bonds. The van der Waals surface area contributed by atoms with Gasteiger partial charge in [0.15, 0.2) is 0 Å². The highest BCUT2D eigenvalue weighted by molar-refractivity contribution is 5.86. The van der Waals surface area contributed by atoms with Crippen LogP contribution in [0.15, 0.2) is 36.4 Å². The van der Waals surface area contributed by atoms with Gasteiger partial charge in [0.1, 0.15) is 5.75 Å². The Hall–Kier alpha value is -1.50. The van der Waals surface area contributed by atoms with Crippen LogP contribution in [0.2, 0.25) is 0 Å². The van der Waals surface area contributed by atoms with E-state index >= 15 is 0 Å². The molecule has 0 aliphatic rings. The summed E-state index contributed by atoms with van der Waals surface area (Å²) in [6.45, 7) is 2.11. The lowest BCUT2D eigenvalue weighted by atomic mass is 10.1. The first-order valence-corrected chi connectivity index (χ1v) is 4.34. The Kier molecular flexibility index (Phi) is 1.93. The molecule has 0 aliphatic carbocycles. The zero-order chi connectivity index (χ0) is 9.26. The van der Waals surface area contributed by atoms with Gasteiger partial charge in [-0.1, -0.05) is 24.3 Å². The summed E-state index contributed by atoms with van der Waals surface area (Å²) in [4.78, 5) is 0. The summed E-state index contributed by atoms with van der Waals surface area (Å²) in [5, 5.41) is 2.53. The molecule has 0 aromatic heterocycles. The summed E-state index contributed by atoms with van der Waals surface area (Å²) in [5.41, 5.74) is 1.29. The molecule has 0 bridgehead atoms. The van der Waals surface area contributed by atoms with Crippen molar-refractivity contribution in [3.63, 3.8) is 0 Å². The molecule has 0 saturated carbocycles. The van der Waals surface area contributed by atoms with E-state index in [1.165, 1.54) is 16.3 Å². The van der Waals surface area contributed by atoms with Crippen LogP contribution in [0.1, 0.15) is 5.56 Å². The first-order valence-electron chi connectivity index (χ1n) is 4.34. The Morgan fingerprint density at radius 1 is 1.08 bits per heavy atom. The minimum absolute atomic E-state index is 0.918. The average Bonchev–Trinajstić information content (AvgIpc) is 2.18. The molecule has 2 aromatic carbocycles. The Balaban J connectivity index is 2.74. The zero-order valence-electron chi connectivity index (χ0n) is 7.87. The van der Waals surface area contributed by atoms with Gasteiger partial charge in [0.05, 0.1) is 7.11 Å². The molecular formula is C12H12O. The van der Waals surface area contributed by atoms with Gasteiger partial charge in [0, 0.05) is 0 Å². The number of hydrogen-bond donors (Lipinski definition) is 0. The van der Waals surface area contributed by atoms with Gasteiger partial charge in [-0.3, -0.25) is 0 Å². The van der Waals surface area contributed by atoms with Crippen LogP contribution in [0.4, 0.5) is 0 Å². The van der Waals surface area contributed by atoms with Crippen molar-refractivity contribution in [1.82, 2.24) is 0 Å². The van der Waals surface area contributed by atoms with Gasteiger partial charge in [-0.25, -0.2) is 0 Å². The van der Waals surface area contributed by atoms with E-state index in [0.717, 1.165) is 5.75 Å². The number of methoxy groups -OCH3 is 1. The fourth-order valence-corrected chi connectivity index (χ4v) is 1.54. The summed E-state index contributed by atoms with van der Waals surface area (Å²) in [6, 6.07) is 12.4. The molecule has 0 radical (unpaired) electrons. The van der Waals surface area contributed by atoms with Crippen LogP contribution >= 0.6 is 0 Å². The monoisotopic (exact) mass is 172 g/mol. The van der Waals surface area contributed by atoms with Crippen molar-refractivity contribution < 1.29 is 4.74 Å². The smallest absolute Gasteiger partial charge is 0.119 e. The van der Waals surface area contributed by atoms with Gasteiger partial charge < -0.3 is 4.74 Å². The number of benzene rings is 2. The summed E-state index contributed by atoms with van der Waals surface area (Å²) in [5.74, 6) is 0.918. The van der Waals surface area contributed by atoms with E-state index in [9.17, 15) is 0 Å². The fraction of sp³-hybridized carbons (Fsp3) is 0.167. The van der Waals surface area contributed by atoms with E-state index < -0.39 is 0 Å². The molecule has 0 N–H and O–H groups in total. The maximum absolute atomic E-state index is 5.18. The van der Waals surface area contributed by atoms with Crippen LogP contribution in [0.5, 0.6) is 5.75 Å². The summed E-state index contributed by atoms with van der Waals surface area (Å²) >= 11 is 0. The normalized spacial score (nSPS) is 10.3. The topological polar surface area (TPSA) is 9.23 Å². The second-order valence-corrected chi connectivity index (χ2v) is 3.16. The SMILES string of the molecule is COc1ccc2cccc(C)c2c1. The third kappa shape index (κ3) is 1.37. The lowest BCUT2D eigenvalue weighted by Gasteiger charge is -2.04. The number of hydrogen-bond acceptors (Lipinski definition) is 1. The highest BCUT2D eigenvalue weighted by Crippen LogP contribution is 2.23. The molecule has 66 valence electrons. The van der Waals surface area contributed by atoms with E-state index in [-0.39, 0.29) is 0 Å². The van der Waals surface area contributed by atoms with Crippen LogP contribution in [-0.4, -0.2) is 7.11 Å². The minimum atomic E-state index is 0.918. The average molecular weight is 172 g/mol. The van der Waals surface area contributed by atoms with Crippen molar-refractivity contribution in [2.45, 2.75) is 6.92 Å². The lowest BCUT2D eigenvalue weighted by molar-refractivity contribution is 0.415. The van der Waals surface area contributed by atoms with Crippen LogP contribution in [-0.2, 0) is 0 Å². The quantitative estimate of drug-likeness (QED) is 0.642. The highest BCUT2D eigenvalue weighted by atomic mass is 16.5. The maximum atomic E-state index is 5.18. The third-order valence-corrected chi connectivity index (χ3v) is 2.31. The fourth-order valence-electron chi connectivity index (χ4n) is 1.54. The molecule has 2 aromatic rings. The highest BCUT2D eigenvalue weighted by Gasteiger charge is 1.97. The third-order valence-electron chi connectivity index (χ3n) is 2.31. The number of ether oxygens (including phenoxy) is 1. The molecule has 0 heterocycles. The van der Waals surface area contributed by atoms with Crippen molar-refractivity contribution >= 4 is 10.8 Å². The van der Waals surface area contributed by atoms with Crippen molar-refractivity contribution in [1.29, 1.82) is 0 Å². The van der Waals surface area contributed by atoms with Gasteiger partial charge in [0.25, 0.3) is 0 Å². The predicted octanol–water partition coefficient (Wildman–Crippen LogP) is 3.16. The van der Waals surface area contributed by atoms with Gasteiger partial charge in [-0.2, -0.15) is 0 Å². The molecule has 13 heavy (non-hydrogen) atoms. The Bertz CT molecular complexity index is 432. The number of rotatable bonds is 1. The van der Waals surface area contributed by atoms with E-state index in [1.807, 2.05) is 6.07 Å². The van der Waals surface area contributed by atoms with E-state index in [2.05, 4.69) is 37.3 Å². The Labute approximate surface area is 78.0 Å². The van der Waals surface area contributed by atoms with E-state index in [0.29, 0.717) is 0 Å². The van der Waals surface area contributed by atoms with Crippen LogP contribution in [0.3, 0.4) is 0 Å². The predicted molar refractivity (Wildman–Crippen MR) is 55.2 cm³/mol. The zero-order valence-corrected chi connectivity index (χ0v) is 7.87. The summed E-state index contributed by atoms with van der Waals surface area (Å²) in [7, 11) is 1.69. The van der Waals surface area contributed by atoms with Crippen molar-refractivity contribution in [2.75, 3.05) is 7.11 Å². The molecule has 0 aliphatic heterocycles. The largest absolute Gasteiger partial charge is 0.497 e. The van der Waals surface area contributed by atoms with Crippen LogP contribution in [0.25, 0.3) is 10.8 Å². The molecule has 1 heteroatoms. The molecular weight excluding hydrogens is 160 g/mol. The van der Waals surface area contributed by atoms with Gasteiger partial charge in [-0.05, 0) is 35.4 Å². The number of aryl methyl sites for hydroxylation is 1. The molecule has 0 spiro atoms. The van der Waals surface area contributed by atoms with Gasteiger partial charge in [0.2, 0.25) is 0 Å². The van der Waals surface area contributed by atoms with Crippen molar-refractivity contribution in [2.24, 2.45) is 0 Å². The lowest BCUT2D eigenvalue weighted by Crippen LogP contribution is -1.83. The van der Waals surface area contributed by atoms with E-state index in [1.54, 1.807) is 7.11 Å². The minimum Gasteiger partial charge on any atom is -0.497 e. The second kappa shape index (κ2) is 3.09. The molecule has 0 saturated heterocycles.